The summed E-state index contributed by atoms with van der Waals surface area (Å²) in [5.74, 6) is -1.77. The molecule has 10 heavy (non-hydrogen) atoms. The maximum Gasteiger partial charge on any atom is 0.338 e. The number of rotatable bonds is 3. The summed E-state index contributed by atoms with van der Waals surface area (Å²) >= 11 is 0. The maximum atomic E-state index is 12.2. The Morgan fingerprint density at radius 1 is 1.80 bits per heavy atom. The number of carboxylic acid groups (broad SMARTS) is 1. The standard InChI is InChI=1S/C5H8F2O3/c1-5(10,4(8)9)3(7)2-6/h3,10H,2H2,1H3,(H,8,9). The molecule has 0 aromatic rings. The summed E-state index contributed by atoms with van der Waals surface area (Å²) in [6, 6.07) is 0. The van der Waals surface area contributed by atoms with E-state index in [0.717, 1.165) is 0 Å². The van der Waals surface area contributed by atoms with Crippen LogP contribution in [0.3, 0.4) is 0 Å². The Morgan fingerprint density at radius 3 is 2.30 bits per heavy atom. The number of aliphatic carboxylic acids is 1. The predicted molar refractivity (Wildman–Crippen MR) is 29.1 cm³/mol. The second kappa shape index (κ2) is 2.92. The van der Waals surface area contributed by atoms with E-state index in [1.54, 1.807) is 0 Å². The minimum atomic E-state index is -2.62. The van der Waals surface area contributed by atoms with Gasteiger partial charge < -0.3 is 10.2 Å². The van der Waals surface area contributed by atoms with E-state index in [1.165, 1.54) is 0 Å². The fourth-order valence-corrected chi connectivity index (χ4v) is 0.284. The smallest absolute Gasteiger partial charge is 0.338 e. The summed E-state index contributed by atoms with van der Waals surface area (Å²) in [5, 5.41) is 16.7. The van der Waals surface area contributed by atoms with Gasteiger partial charge in [0.15, 0.2) is 11.8 Å². The minimum Gasteiger partial charge on any atom is -0.479 e. The summed E-state index contributed by atoms with van der Waals surface area (Å²) in [5.41, 5.74) is -2.62. The van der Waals surface area contributed by atoms with Gasteiger partial charge in [0.2, 0.25) is 0 Å². The second-order valence-electron chi connectivity index (χ2n) is 2.07. The predicted octanol–water partition coefficient (Wildman–Crippen LogP) is 0.130. The van der Waals surface area contributed by atoms with E-state index in [0.29, 0.717) is 6.92 Å². The van der Waals surface area contributed by atoms with Crippen molar-refractivity contribution in [1.82, 2.24) is 0 Å². The zero-order chi connectivity index (χ0) is 8.36. The highest BCUT2D eigenvalue weighted by Crippen LogP contribution is 2.13. The quantitative estimate of drug-likeness (QED) is 0.607. The number of hydrogen-bond acceptors (Lipinski definition) is 2. The molecule has 0 aliphatic rings. The van der Waals surface area contributed by atoms with Crippen LogP contribution in [-0.2, 0) is 4.79 Å². The summed E-state index contributed by atoms with van der Waals surface area (Å²) in [7, 11) is 0. The van der Waals surface area contributed by atoms with Crippen LogP contribution in [0.1, 0.15) is 6.92 Å². The molecular formula is C5H8F2O3. The van der Waals surface area contributed by atoms with Gasteiger partial charge in [-0.1, -0.05) is 0 Å². The molecule has 0 amide bonds. The van der Waals surface area contributed by atoms with Crippen molar-refractivity contribution in [2.24, 2.45) is 0 Å². The molecule has 0 radical (unpaired) electrons. The van der Waals surface area contributed by atoms with Crippen LogP contribution in [0.2, 0.25) is 0 Å². The van der Waals surface area contributed by atoms with Gasteiger partial charge in [-0.3, -0.25) is 0 Å². The first-order valence-electron chi connectivity index (χ1n) is 2.58. The summed E-state index contributed by atoms with van der Waals surface area (Å²) < 4.78 is 23.6. The molecule has 3 nitrogen and oxygen atoms in total. The Hall–Kier alpha value is -0.710. The molecule has 2 atom stereocenters. The van der Waals surface area contributed by atoms with Crippen molar-refractivity contribution in [3.05, 3.63) is 0 Å². The molecule has 2 unspecified atom stereocenters. The van der Waals surface area contributed by atoms with Crippen LogP contribution in [0.4, 0.5) is 8.78 Å². The van der Waals surface area contributed by atoms with Crippen molar-refractivity contribution in [1.29, 1.82) is 0 Å². The van der Waals surface area contributed by atoms with Crippen molar-refractivity contribution in [3.8, 4) is 0 Å². The third-order valence-corrected chi connectivity index (χ3v) is 1.18. The molecule has 0 aromatic heterocycles. The van der Waals surface area contributed by atoms with Crippen LogP contribution in [0.5, 0.6) is 0 Å². The molecule has 60 valence electrons. The lowest BCUT2D eigenvalue weighted by Gasteiger charge is -2.19. The van der Waals surface area contributed by atoms with Gasteiger partial charge in [-0.25, -0.2) is 13.6 Å². The van der Waals surface area contributed by atoms with E-state index >= 15 is 0 Å². The van der Waals surface area contributed by atoms with Gasteiger partial charge in [-0.15, -0.1) is 0 Å². The van der Waals surface area contributed by atoms with Crippen LogP contribution in [0.25, 0.3) is 0 Å². The van der Waals surface area contributed by atoms with Gasteiger partial charge in [0, 0.05) is 0 Å². The molecule has 2 N–H and O–H groups in total. The van der Waals surface area contributed by atoms with Gasteiger partial charge in [-0.2, -0.15) is 0 Å². The van der Waals surface area contributed by atoms with Crippen molar-refractivity contribution < 1.29 is 23.8 Å². The van der Waals surface area contributed by atoms with E-state index in [1.807, 2.05) is 0 Å². The molecule has 0 fully saturated rings. The van der Waals surface area contributed by atoms with Gasteiger partial charge in [0.1, 0.15) is 6.67 Å². The molecular weight excluding hydrogens is 146 g/mol. The van der Waals surface area contributed by atoms with Crippen LogP contribution < -0.4 is 0 Å². The zero-order valence-corrected chi connectivity index (χ0v) is 5.34. The molecule has 0 aliphatic heterocycles. The van der Waals surface area contributed by atoms with Crippen molar-refractivity contribution >= 4 is 5.97 Å². The molecule has 0 bridgehead atoms. The first kappa shape index (κ1) is 9.29. The van der Waals surface area contributed by atoms with Crippen LogP contribution in [0, 0.1) is 0 Å². The van der Waals surface area contributed by atoms with Crippen LogP contribution in [-0.4, -0.2) is 34.6 Å². The van der Waals surface area contributed by atoms with Crippen molar-refractivity contribution in [2.45, 2.75) is 18.7 Å². The van der Waals surface area contributed by atoms with Gasteiger partial charge >= 0.3 is 5.97 Å². The fraction of sp³-hybridized carbons (Fsp3) is 0.800. The van der Waals surface area contributed by atoms with E-state index < -0.39 is 24.4 Å². The second-order valence-corrected chi connectivity index (χ2v) is 2.07. The first-order valence-corrected chi connectivity index (χ1v) is 2.58. The summed E-state index contributed by atoms with van der Waals surface area (Å²) in [6.45, 7) is -0.793. The molecule has 0 aliphatic carbocycles. The Morgan fingerprint density at radius 2 is 2.20 bits per heavy atom. The molecule has 0 rings (SSSR count). The maximum absolute atomic E-state index is 12.2. The van der Waals surface area contributed by atoms with Crippen LogP contribution >= 0.6 is 0 Å². The molecule has 0 saturated heterocycles. The lowest BCUT2D eigenvalue weighted by atomic mass is 10.0. The lowest BCUT2D eigenvalue weighted by Crippen LogP contribution is -2.45. The third-order valence-electron chi connectivity index (χ3n) is 1.18. The first-order chi connectivity index (χ1) is 4.42. The molecule has 0 spiro atoms. The molecule has 5 heteroatoms. The van der Waals surface area contributed by atoms with E-state index in [-0.39, 0.29) is 0 Å². The molecule has 0 aromatic carbocycles. The molecule has 0 heterocycles. The number of hydrogen-bond donors (Lipinski definition) is 2. The SMILES string of the molecule is CC(O)(C(=O)O)C(F)CF. The third kappa shape index (κ3) is 1.63. The normalized spacial score (nSPS) is 19.6. The zero-order valence-electron chi connectivity index (χ0n) is 5.34. The Bertz CT molecular complexity index is 135. The number of alkyl halides is 2. The van der Waals surface area contributed by atoms with E-state index in [2.05, 4.69) is 0 Å². The van der Waals surface area contributed by atoms with Crippen molar-refractivity contribution in [3.63, 3.8) is 0 Å². The van der Waals surface area contributed by atoms with Gasteiger partial charge in [-0.05, 0) is 6.92 Å². The Kier molecular flexibility index (Phi) is 2.71. The monoisotopic (exact) mass is 154 g/mol. The largest absolute Gasteiger partial charge is 0.479 e. The Labute approximate surface area is 56.3 Å². The average Bonchev–Trinajstić information content (AvgIpc) is 1.86. The number of carbonyl (C=O) groups is 1. The highest BCUT2D eigenvalue weighted by Gasteiger charge is 2.39. The number of aliphatic hydroxyl groups is 1. The van der Waals surface area contributed by atoms with Gasteiger partial charge in [0.05, 0.1) is 0 Å². The highest BCUT2D eigenvalue weighted by molar-refractivity contribution is 5.77. The van der Waals surface area contributed by atoms with Gasteiger partial charge in [0.25, 0.3) is 0 Å². The lowest BCUT2D eigenvalue weighted by molar-refractivity contribution is -0.164. The number of carboxylic acids is 1. The topological polar surface area (TPSA) is 57.5 Å². The number of halogens is 2. The van der Waals surface area contributed by atoms with E-state index in [4.69, 9.17) is 10.2 Å². The fourth-order valence-electron chi connectivity index (χ4n) is 0.284. The van der Waals surface area contributed by atoms with E-state index in [9.17, 15) is 13.6 Å². The minimum absolute atomic E-state index is 0.708. The molecule has 0 saturated carbocycles. The highest BCUT2D eigenvalue weighted by atomic mass is 19.2. The Balaban J connectivity index is 4.23. The van der Waals surface area contributed by atoms with Crippen LogP contribution in [0.15, 0.2) is 0 Å². The van der Waals surface area contributed by atoms with Crippen molar-refractivity contribution in [2.75, 3.05) is 6.67 Å². The summed E-state index contributed by atoms with van der Waals surface area (Å²) in [6.07, 6.45) is -2.37. The summed E-state index contributed by atoms with van der Waals surface area (Å²) in [4.78, 5) is 9.96. The average molecular weight is 154 g/mol.